The van der Waals surface area contributed by atoms with Gasteiger partial charge in [-0.25, -0.2) is 0 Å². The Bertz CT molecular complexity index is 573. The number of Topliss-reactive ketones (excluding diaryl/α,β-unsaturated/α-hetero) is 1. The number of carbonyl (C=O) groups is 1. The standard InChI is InChI=1S/C15H16N2O/c18-15(14-5-1-2-8-17-14)12-6-7-13-11(10-12)4-3-9-16-13/h3-4,6-7,9-10,14,17H,1-2,5,8H2. The van der Waals surface area contributed by atoms with Gasteiger partial charge in [-0.3, -0.25) is 9.78 Å². The molecule has 0 aliphatic carbocycles. The van der Waals surface area contributed by atoms with E-state index in [2.05, 4.69) is 10.3 Å². The molecule has 18 heavy (non-hydrogen) atoms. The number of fused-ring (bicyclic) bond motifs is 1. The van der Waals surface area contributed by atoms with Crippen molar-refractivity contribution in [2.45, 2.75) is 25.3 Å². The normalized spacial score (nSPS) is 19.9. The van der Waals surface area contributed by atoms with Gasteiger partial charge in [-0.05, 0) is 43.7 Å². The van der Waals surface area contributed by atoms with Crippen LogP contribution < -0.4 is 5.32 Å². The third-order valence-electron chi connectivity index (χ3n) is 3.51. The zero-order valence-electron chi connectivity index (χ0n) is 10.2. The maximum Gasteiger partial charge on any atom is 0.179 e. The second-order valence-corrected chi connectivity index (χ2v) is 4.78. The first kappa shape index (κ1) is 11.4. The van der Waals surface area contributed by atoms with Gasteiger partial charge >= 0.3 is 0 Å². The van der Waals surface area contributed by atoms with Crippen LogP contribution >= 0.6 is 0 Å². The molecule has 0 bridgehead atoms. The van der Waals surface area contributed by atoms with Gasteiger partial charge in [0.1, 0.15) is 0 Å². The van der Waals surface area contributed by atoms with Crippen molar-refractivity contribution in [1.82, 2.24) is 10.3 Å². The molecule has 0 saturated carbocycles. The molecule has 1 saturated heterocycles. The molecule has 0 spiro atoms. The summed E-state index contributed by atoms with van der Waals surface area (Å²) in [6.45, 7) is 0.950. The molecule has 1 aliphatic heterocycles. The molecule has 1 aromatic heterocycles. The van der Waals surface area contributed by atoms with E-state index in [1.807, 2.05) is 30.3 Å². The Morgan fingerprint density at radius 2 is 2.22 bits per heavy atom. The number of piperidine rings is 1. The Balaban J connectivity index is 1.91. The highest BCUT2D eigenvalue weighted by molar-refractivity contribution is 6.02. The fourth-order valence-electron chi connectivity index (χ4n) is 2.51. The van der Waals surface area contributed by atoms with Crippen molar-refractivity contribution in [1.29, 1.82) is 0 Å². The maximum atomic E-state index is 12.4. The lowest BCUT2D eigenvalue weighted by atomic mass is 9.96. The minimum absolute atomic E-state index is 0.00660. The molecule has 3 rings (SSSR count). The number of benzene rings is 1. The molecule has 3 heteroatoms. The first-order valence-electron chi connectivity index (χ1n) is 6.47. The number of pyridine rings is 1. The van der Waals surface area contributed by atoms with Crippen molar-refractivity contribution in [3.05, 3.63) is 42.1 Å². The molecule has 0 amide bonds. The van der Waals surface area contributed by atoms with Crippen molar-refractivity contribution in [3.8, 4) is 0 Å². The number of carbonyl (C=O) groups excluding carboxylic acids is 1. The number of ketones is 1. The highest BCUT2D eigenvalue weighted by Gasteiger charge is 2.21. The van der Waals surface area contributed by atoms with Crippen LogP contribution in [-0.4, -0.2) is 23.4 Å². The fourth-order valence-corrected chi connectivity index (χ4v) is 2.51. The molecule has 2 aromatic rings. The Morgan fingerprint density at radius 1 is 1.28 bits per heavy atom. The molecular formula is C15H16N2O. The number of nitrogens with zero attached hydrogens (tertiary/aromatic N) is 1. The first-order chi connectivity index (χ1) is 8.84. The number of aromatic nitrogens is 1. The predicted octanol–water partition coefficient (Wildman–Crippen LogP) is 2.56. The van der Waals surface area contributed by atoms with Gasteiger partial charge in [0, 0.05) is 17.1 Å². The zero-order chi connectivity index (χ0) is 12.4. The highest BCUT2D eigenvalue weighted by atomic mass is 16.1. The van der Waals surface area contributed by atoms with Crippen LogP contribution in [0.15, 0.2) is 36.5 Å². The summed E-state index contributed by atoms with van der Waals surface area (Å²) < 4.78 is 0. The van der Waals surface area contributed by atoms with Crippen LogP contribution in [0.2, 0.25) is 0 Å². The van der Waals surface area contributed by atoms with E-state index < -0.39 is 0 Å². The van der Waals surface area contributed by atoms with E-state index in [1.165, 1.54) is 6.42 Å². The molecule has 3 nitrogen and oxygen atoms in total. The molecule has 1 atom stereocenters. The molecule has 1 aliphatic rings. The molecular weight excluding hydrogens is 224 g/mol. The molecule has 1 aromatic carbocycles. The molecule has 92 valence electrons. The van der Waals surface area contributed by atoms with E-state index in [9.17, 15) is 4.79 Å². The van der Waals surface area contributed by atoms with E-state index >= 15 is 0 Å². The monoisotopic (exact) mass is 240 g/mol. The maximum absolute atomic E-state index is 12.4. The Kier molecular flexibility index (Phi) is 3.07. The molecule has 1 fully saturated rings. The van der Waals surface area contributed by atoms with E-state index in [1.54, 1.807) is 6.20 Å². The summed E-state index contributed by atoms with van der Waals surface area (Å²) in [7, 11) is 0. The summed E-state index contributed by atoms with van der Waals surface area (Å²) in [5, 5.41) is 4.33. The topological polar surface area (TPSA) is 42.0 Å². The number of rotatable bonds is 2. The van der Waals surface area contributed by atoms with Gasteiger partial charge in [0.05, 0.1) is 11.6 Å². The predicted molar refractivity (Wildman–Crippen MR) is 71.7 cm³/mol. The summed E-state index contributed by atoms with van der Waals surface area (Å²) in [5.41, 5.74) is 1.72. The van der Waals surface area contributed by atoms with Gasteiger partial charge in [-0.2, -0.15) is 0 Å². The van der Waals surface area contributed by atoms with Crippen LogP contribution in [0, 0.1) is 0 Å². The zero-order valence-corrected chi connectivity index (χ0v) is 10.2. The van der Waals surface area contributed by atoms with Crippen molar-refractivity contribution in [2.24, 2.45) is 0 Å². The van der Waals surface area contributed by atoms with Crippen LogP contribution in [0.1, 0.15) is 29.6 Å². The average Bonchev–Trinajstić information content (AvgIpc) is 2.47. The summed E-state index contributed by atoms with van der Waals surface area (Å²) in [5.74, 6) is 0.209. The van der Waals surface area contributed by atoms with Crippen molar-refractivity contribution in [2.75, 3.05) is 6.54 Å². The van der Waals surface area contributed by atoms with Crippen LogP contribution in [-0.2, 0) is 0 Å². The largest absolute Gasteiger partial charge is 0.307 e. The SMILES string of the molecule is O=C(c1ccc2ncccc2c1)C1CCCCN1. The lowest BCUT2D eigenvalue weighted by Gasteiger charge is -2.22. The minimum Gasteiger partial charge on any atom is -0.307 e. The molecule has 2 heterocycles. The third kappa shape index (κ3) is 2.14. The summed E-state index contributed by atoms with van der Waals surface area (Å²) in [6, 6.07) is 9.64. The van der Waals surface area contributed by atoms with Crippen LogP contribution in [0.3, 0.4) is 0 Å². The van der Waals surface area contributed by atoms with Gasteiger partial charge in [-0.15, -0.1) is 0 Å². The summed E-state index contributed by atoms with van der Waals surface area (Å²) in [4.78, 5) is 16.6. The van der Waals surface area contributed by atoms with Gasteiger partial charge < -0.3 is 5.32 Å². The van der Waals surface area contributed by atoms with E-state index in [4.69, 9.17) is 0 Å². The van der Waals surface area contributed by atoms with Crippen molar-refractivity contribution >= 4 is 16.7 Å². The Morgan fingerprint density at radius 3 is 3.06 bits per heavy atom. The van der Waals surface area contributed by atoms with E-state index in [0.717, 1.165) is 35.9 Å². The highest BCUT2D eigenvalue weighted by Crippen LogP contribution is 2.17. The lowest BCUT2D eigenvalue weighted by Crippen LogP contribution is -2.40. The summed E-state index contributed by atoms with van der Waals surface area (Å²) in [6.07, 6.45) is 5.03. The number of hydrogen-bond acceptors (Lipinski definition) is 3. The van der Waals surface area contributed by atoms with Crippen LogP contribution in [0.5, 0.6) is 0 Å². The molecule has 1 N–H and O–H groups in total. The second-order valence-electron chi connectivity index (χ2n) is 4.78. The molecule has 0 radical (unpaired) electrons. The van der Waals surface area contributed by atoms with E-state index in [-0.39, 0.29) is 11.8 Å². The smallest absolute Gasteiger partial charge is 0.179 e. The van der Waals surface area contributed by atoms with Crippen LogP contribution in [0.4, 0.5) is 0 Å². The minimum atomic E-state index is -0.00660. The van der Waals surface area contributed by atoms with E-state index in [0.29, 0.717) is 0 Å². The van der Waals surface area contributed by atoms with Crippen LogP contribution in [0.25, 0.3) is 10.9 Å². The second kappa shape index (κ2) is 4.86. The Labute approximate surface area is 106 Å². The number of nitrogens with one attached hydrogen (secondary N) is 1. The number of hydrogen-bond donors (Lipinski definition) is 1. The quantitative estimate of drug-likeness (QED) is 0.820. The average molecular weight is 240 g/mol. The van der Waals surface area contributed by atoms with Crippen molar-refractivity contribution in [3.63, 3.8) is 0 Å². The first-order valence-corrected chi connectivity index (χ1v) is 6.47. The summed E-state index contributed by atoms with van der Waals surface area (Å²) >= 11 is 0. The molecule has 1 unspecified atom stereocenters. The van der Waals surface area contributed by atoms with Gasteiger partial charge in [0.2, 0.25) is 0 Å². The lowest BCUT2D eigenvalue weighted by molar-refractivity contribution is 0.0927. The van der Waals surface area contributed by atoms with Gasteiger partial charge in [0.15, 0.2) is 5.78 Å². The fraction of sp³-hybridized carbons (Fsp3) is 0.333. The Hall–Kier alpha value is -1.74. The third-order valence-corrected chi connectivity index (χ3v) is 3.51. The van der Waals surface area contributed by atoms with Gasteiger partial charge in [0.25, 0.3) is 0 Å². The van der Waals surface area contributed by atoms with Gasteiger partial charge in [-0.1, -0.05) is 12.5 Å². The van der Waals surface area contributed by atoms with Crippen molar-refractivity contribution < 1.29 is 4.79 Å².